The normalized spacial score (nSPS) is 12.5. The van der Waals surface area contributed by atoms with Crippen molar-refractivity contribution < 1.29 is 5.11 Å². The third-order valence-electron chi connectivity index (χ3n) is 2.75. The van der Waals surface area contributed by atoms with E-state index in [1.807, 2.05) is 6.07 Å². The third-order valence-corrected chi connectivity index (χ3v) is 4.17. The molecule has 0 saturated carbocycles. The van der Waals surface area contributed by atoms with Crippen molar-refractivity contribution >= 4 is 50.7 Å². The number of hydrogen-bond donors (Lipinski definition) is 1. The van der Waals surface area contributed by atoms with Crippen molar-refractivity contribution in [2.45, 2.75) is 12.5 Å². The third kappa shape index (κ3) is 3.87. The summed E-state index contributed by atoms with van der Waals surface area (Å²) in [6.07, 6.45) is -0.338. The predicted molar refractivity (Wildman–Crippen MR) is 84.3 cm³/mol. The van der Waals surface area contributed by atoms with Crippen LogP contribution in [0.1, 0.15) is 17.2 Å². The molecule has 0 heterocycles. The number of aliphatic hydroxyl groups is 1. The lowest BCUT2D eigenvalue weighted by molar-refractivity contribution is 0.178. The molecule has 2 aromatic carbocycles. The molecule has 5 heteroatoms. The van der Waals surface area contributed by atoms with Gasteiger partial charge in [0, 0.05) is 31.5 Å². The minimum atomic E-state index is -0.719. The maximum atomic E-state index is 10.3. The first-order chi connectivity index (χ1) is 8.97. The van der Waals surface area contributed by atoms with Crippen molar-refractivity contribution in [3.8, 4) is 0 Å². The Morgan fingerprint density at radius 3 is 2.42 bits per heavy atom. The molecule has 0 aliphatic heterocycles. The summed E-state index contributed by atoms with van der Waals surface area (Å²) in [5.74, 6) is 0. The molecular formula is C14H10BrCl3O. The van der Waals surface area contributed by atoms with Gasteiger partial charge < -0.3 is 5.11 Å². The van der Waals surface area contributed by atoms with E-state index in [2.05, 4.69) is 15.9 Å². The molecule has 0 aliphatic rings. The van der Waals surface area contributed by atoms with Crippen LogP contribution in [-0.2, 0) is 6.42 Å². The van der Waals surface area contributed by atoms with Crippen LogP contribution in [0.3, 0.4) is 0 Å². The van der Waals surface area contributed by atoms with Crippen LogP contribution in [0.4, 0.5) is 0 Å². The highest BCUT2D eigenvalue weighted by Crippen LogP contribution is 2.31. The monoisotopic (exact) mass is 378 g/mol. The minimum absolute atomic E-state index is 0.381. The van der Waals surface area contributed by atoms with Crippen LogP contribution in [0.25, 0.3) is 0 Å². The second kappa shape index (κ2) is 6.47. The summed E-state index contributed by atoms with van der Waals surface area (Å²) in [6.45, 7) is 0. The highest BCUT2D eigenvalue weighted by molar-refractivity contribution is 9.10. The minimum Gasteiger partial charge on any atom is -0.388 e. The van der Waals surface area contributed by atoms with Crippen LogP contribution in [0.15, 0.2) is 40.9 Å². The van der Waals surface area contributed by atoms with Crippen LogP contribution < -0.4 is 0 Å². The Bertz CT molecular complexity index is 601. The average molecular weight is 380 g/mol. The molecule has 0 fully saturated rings. The Morgan fingerprint density at radius 2 is 1.74 bits per heavy atom. The molecule has 19 heavy (non-hydrogen) atoms. The van der Waals surface area contributed by atoms with Crippen molar-refractivity contribution in [2.24, 2.45) is 0 Å². The van der Waals surface area contributed by atoms with Gasteiger partial charge in [0.05, 0.1) is 6.10 Å². The van der Waals surface area contributed by atoms with E-state index >= 15 is 0 Å². The fourth-order valence-electron chi connectivity index (χ4n) is 1.78. The second-order valence-electron chi connectivity index (χ2n) is 4.12. The average Bonchev–Trinajstić information content (AvgIpc) is 2.35. The molecule has 100 valence electrons. The van der Waals surface area contributed by atoms with Crippen molar-refractivity contribution in [3.05, 3.63) is 67.1 Å². The maximum absolute atomic E-state index is 10.3. The fraction of sp³-hybridized carbons (Fsp3) is 0.143. The van der Waals surface area contributed by atoms with Crippen LogP contribution in [0.5, 0.6) is 0 Å². The van der Waals surface area contributed by atoms with Gasteiger partial charge in [-0.05, 0) is 35.9 Å². The molecule has 1 atom stereocenters. The van der Waals surface area contributed by atoms with Gasteiger partial charge in [0.25, 0.3) is 0 Å². The van der Waals surface area contributed by atoms with E-state index in [1.165, 1.54) is 0 Å². The molecule has 0 aliphatic carbocycles. The number of halogens is 4. The van der Waals surface area contributed by atoms with Gasteiger partial charge in [-0.15, -0.1) is 0 Å². The van der Waals surface area contributed by atoms with Gasteiger partial charge in [-0.25, -0.2) is 0 Å². The largest absolute Gasteiger partial charge is 0.388 e. The van der Waals surface area contributed by atoms with Gasteiger partial charge in [0.2, 0.25) is 0 Å². The molecule has 0 radical (unpaired) electrons. The molecule has 2 rings (SSSR count). The highest BCUT2D eigenvalue weighted by Gasteiger charge is 2.14. The van der Waals surface area contributed by atoms with Gasteiger partial charge in [0.1, 0.15) is 0 Å². The summed E-state index contributed by atoms with van der Waals surface area (Å²) in [5.41, 5.74) is 1.50. The van der Waals surface area contributed by atoms with E-state index in [-0.39, 0.29) is 0 Å². The summed E-state index contributed by atoms with van der Waals surface area (Å²) in [7, 11) is 0. The number of benzene rings is 2. The quantitative estimate of drug-likeness (QED) is 0.726. The van der Waals surface area contributed by atoms with Crippen molar-refractivity contribution in [1.82, 2.24) is 0 Å². The summed E-state index contributed by atoms with van der Waals surface area (Å²) in [4.78, 5) is 0. The Balaban J connectivity index is 2.25. The topological polar surface area (TPSA) is 20.2 Å². The van der Waals surface area contributed by atoms with E-state index in [9.17, 15) is 5.11 Å². The maximum Gasteiger partial charge on any atom is 0.0845 e. The summed E-state index contributed by atoms with van der Waals surface area (Å²) in [6, 6.07) is 10.6. The van der Waals surface area contributed by atoms with Crippen LogP contribution in [-0.4, -0.2) is 5.11 Å². The van der Waals surface area contributed by atoms with Crippen LogP contribution in [0.2, 0.25) is 15.1 Å². The van der Waals surface area contributed by atoms with E-state index in [0.717, 1.165) is 10.0 Å². The Kier molecular flexibility index (Phi) is 5.15. The first-order valence-electron chi connectivity index (χ1n) is 5.54. The summed E-state index contributed by atoms with van der Waals surface area (Å²) in [5, 5.41) is 11.9. The van der Waals surface area contributed by atoms with Crippen molar-refractivity contribution in [2.75, 3.05) is 0 Å². The molecule has 0 saturated heterocycles. The van der Waals surface area contributed by atoms with E-state index in [1.54, 1.807) is 30.3 Å². The first kappa shape index (κ1) is 15.1. The highest BCUT2D eigenvalue weighted by atomic mass is 79.9. The predicted octanol–water partition coefficient (Wildman–Crippen LogP) is 5.69. The lowest BCUT2D eigenvalue weighted by Gasteiger charge is -2.14. The van der Waals surface area contributed by atoms with Gasteiger partial charge in [-0.2, -0.15) is 0 Å². The zero-order chi connectivity index (χ0) is 14.0. The second-order valence-corrected chi connectivity index (χ2v) is 6.29. The van der Waals surface area contributed by atoms with Gasteiger partial charge in [0.15, 0.2) is 0 Å². The SMILES string of the molecule is OC(Cc1ccc(Cl)cc1Cl)c1cc(Br)ccc1Cl. The van der Waals surface area contributed by atoms with Gasteiger partial charge in [-0.1, -0.05) is 56.8 Å². The van der Waals surface area contributed by atoms with E-state index in [0.29, 0.717) is 27.1 Å². The van der Waals surface area contributed by atoms with Gasteiger partial charge in [-0.3, -0.25) is 0 Å². The Labute approximate surface area is 135 Å². The molecule has 0 spiro atoms. The van der Waals surface area contributed by atoms with Gasteiger partial charge >= 0.3 is 0 Å². The first-order valence-corrected chi connectivity index (χ1v) is 7.47. The zero-order valence-electron chi connectivity index (χ0n) is 9.71. The molecule has 1 nitrogen and oxygen atoms in total. The van der Waals surface area contributed by atoms with E-state index < -0.39 is 6.10 Å². The van der Waals surface area contributed by atoms with Crippen LogP contribution in [0, 0.1) is 0 Å². The summed E-state index contributed by atoms with van der Waals surface area (Å²) >= 11 is 21.4. The number of aliphatic hydroxyl groups excluding tert-OH is 1. The summed E-state index contributed by atoms with van der Waals surface area (Å²) < 4.78 is 0.869. The number of hydrogen-bond acceptors (Lipinski definition) is 1. The molecular weight excluding hydrogens is 370 g/mol. The van der Waals surface area contributed by atoms with E-state index in [4.69, 9.17) is 34.8 Å². The standard InChI is InChI=1S/C14H10BrCl3O/c15-9-2-4-12(17)11(6-9)14(19)5-8-1-3-10(16)7-13(8)18/h1-4,6-7,14,19H,5H2. The fourth-order valence-corrected chi connectivity index (χ4v) is 2.88. The Hall–Kier alpha value is -0.250. The molecule has 2 aromatic rings. The van der Waals surface area contributed by atoms with Crippen molar-refractivity contribution in [3.63, 3.8) is 0 Å². The molecule has 0 bridgehead atoms. The molecule has 1 unspecified atom stereocenters. The molecule has 1 N–H and O–H groups in total. The molecule has 0 amide bonds. The van der Waals surface area contributed by atoms with Crippen molar-refractivity contribution in [1.29, 1.82) is 0 Å². The lowest BCUT2D eigenvalue weighted by Crippen LogP contribution is -2.03. The smallest absolute Gasteiger partial charge is 0.0845 e. The molecule has 0 aromatic heterocycles. The Morgan fingerprint density at radius 1 is 1.00 bits per heavy atom. The van der Waals surface area contributed by atoms with Crippen LogP contribution >= 0.6 is 50.7 Å². The number of rotatable bonds is 3. The lowest BCUT2D eigenvalue weighted by atomic mass is 10.0. The zero-order valence-corrected chi connectivity index (χ0v) is 13.6.